The van der Waals surface area contributed by atoms with E-state index < -0.39 is 0 Å². The minimum absolute atomic E-state index is 0.129. The Morgan fingerprint density at radius 1 is 1.00 bits per heavy atom. The van der Waals surface area contributed by atoms with Gasteiger partial charge in [0, 0.05) is 25.0 Å². The smallest absolute Gasteiger partial charge is 0.0744 e. The summed E-state index contributed by atoms with van der Waals surface area (Å²) in [6.45, 7) is 5.53. The number of rotatable bonds is 5. The lowest BCUT2D eigenvalue weighted by molar-refractivity contribution is 0.156. The molecular weight excluding hydrogens is 270 g/mol. The molecule has 1 aliphatic heterocycles. The molecule has 1 heterocycles. The molecule has 0 radical (unpaired) electrons. The Morgan fingerprint density at radius 2 is 1.59 bits per heavy atom. The van der Waals surface area contributed by atoms with Crippen LogP contribution in [-0.2, 0) is 13.0 Å². The maximum atomic E-state index is 10.4. The van der Waals surface area contributed by atoms with Crippen LogP contribution >= 0.6 is 0 Å². The van der Waals surface area contributed by atoms with Gasteiger partial charge in [-0.05, 0) is 17.5 Å². The summed E-state index contributed by atoms with van der Waals surface area (Å²) in [7, 11) is 0. The predicted molar refractivity (Wildman–Crippen MR) is 90.5 cm³/mol. The first kappa shape index (κ1) is 15.0. The fraction of sp³-hybridized carbons (Fsp3) is 0.300. The number of nitrogens with zero attached hydrogens (tertiary/aromatic N) is 1. The van der Waals surface area contributed by atoms with E-state index in [1.54, 1.807) is 0 Å². The third-order valence-corrected chi connectivity index (χ3v) is 4.57. The van der Waals surface area contributed by atoms with Crippen molar-refractivity contribution >= 4 is 0 Å². The van der Waals surface area contributed by atoms with Gasteiger partial charge in [-0.2, -0.15) is 0 Å². The topological polar surface area (TPSA) is 23.5 Å². The van der Waals surface area contributed by atoms with Gasteiger partial charge in [0.2, 0.25) is 0 Å². The van der Waals surface area contributed by atoms with E-state index in [0.717, 1.165) is 13.0 Å². The molecule has 2 heteroatoms. The normalized spacial score (nSPS) is 25.2. The Hall–Kier alpha value is -1.90. The highest BCUT2D eigenvalue weighted by Crippen LogP contribution is 2.30. The molecule has 1 fully saturated rings. The summed E-state index contributed by atoms with van der Waals surface area (Å²) < 4.78 is 0. The highest BCUT2D eigenvalue weighted by Gasteiger charge is 2.38. The second kappa shape index (κ2) is 6.91. The first-order valence-corrected chi connectivity index (χ1v) is 7.90. The lowest BCUT2D eigenvalue weighted by Gasteiger charge is -2.27. The maximum absolute atomic E-state index is 10.4. The molecule has 114 valence electrons. The van der Waals surface area contributed by atoms with Crippen LogP contribution in [0, 0.1) is 5.92 Å². The molecule has 1 N–H and O–H groups in total. The van der Waals surface area contributed by atoms with Crippen LogP contribution in [0.4, 0.5) is 0 Å². The Morgan fingerprint density at radius 3 is 2.18 bits per heavy atom. The maximum Gasteiger partial charge on any atom is 0.0744 e. The molecule has 0 aliphatic carbocycles. The fourth-order valence-corrected chi connectivity index (χ4v) is 3.43. The number of β-amino-alcohol motifs (C(OH)–C–C–N with tert-alkyl or cyclic N) is 1. The Kier molecular flexibility index (Phi) is 4.71. The molecule has 0 spiro atoms. The van der Waals surface area contributed by atoms with E-state index in [0.29, 0.717) is 12.6 Å². The summed E-state index contributed by atoms with van der Waals surface area (Å²) in [4.78, 5) is 2.39. The van der Waals surface area contributed by atoms with Crippen molar-refractivity contribution in [2.75, 3.05) is 6.54 Å². The molecule has 3 atom stereocenters. The van der Waals surface area contributed by atoms with Gasteiger partial charge < -0.3 is 5.11 Å². The lowest BCUT2D eigenvalue weighted by Crippen LogP contribution is -2.33. The van der Waals surface area contributed by atoms with Gasteiger partial charge in [-0.1, -0.05) is 66.7 Å². The van der Waals surface area contributed by atoms with Crippen molar-refractivity contribution in [3.63, 3.8) is 0 Å². The summed E-state index contributed by atoms with van der Waals surface area (Å²) in [5, 5.41) is 10.4. The average molecular weight is 293 g/mol. The number of likely N-dealkylation sites (tertiary alicyclic amines) is 1. The number of benzene rings is 2. The van der Waals surface area contributed by atoms with Gasteiger partial charge in [-0.15, -0.1) is 6.58 Å². The summed E-state index contributed by atoms with van der Waals surface area (Å²) in [5.74, 6) is 0.129. The zero-order valence-corrected chi connectivity index (χ0v) is 12.8. The fourth-order valence-electron chi connectivity index (χ4n) is 3.43. The summed E-state index contributed by atoms with van der Waals surface area (Å²) in [6.07, 6.45) is 2.54. The first-order chi connectivity index (χ1) is 10.8. The summed E-state index contributed by atoms with van der Waals surface area (Å²) >= 11 is 0. The quantitative estimate of drug-likeness (QED) is 0.855. The van der Waals surface area contributed by atoms with Crippen LogP contribution in [0.3, 0.4) is 0 Å². The third-order valence-electron chi connectivity index (χ3n) is 4.57. The monoisotopic (exact) mass is 293 g/mol. The van der Waals surface area contributed by atoms with E-state index in [1.165, 1.54) is 11.1 Å². The molecule has 0 amide bonds. The van der Waals surface area contributed by atoms with Crippen LogP contribution in [0.1, 0.15) is 11.1 Å². The zero-order chi connectivity index (χ0) is 15.4. The van der Waals surface area contributed by atoms with E-state index in [-0.39, 0.29) is 12.0 Å². The molecule has 2 aromatic rings. The second-order valence-corrected chi connectivity index (χ2v) is 6.05. The van der Waals surface area contributed by atoms with E-state index in [9.17, 15) is 5.11 Å². The Bertz CT molecular complexity index is 596. The average Bonchev–Trinajstić information content (AvgIpc) is 2.84. The molecule has 1 saturated heterocycles. The highest BCUT2D eigenvalue weighted by molar-refractivity contribution is 5.20. The van der Waals surface area contributed by atoms with Gasteiger partial charge in [0.1, 0.15) is 0 Å². The number of aliphatic hydroxyl groups is 1. The SMILES string of the molecule is C=C[C@@H]1[C@H](O)CN(Cc2ccccc2)[C@H]1Cc1ccccc1. The number of hydrogen-bond donors (Lipinski definition) is 1. The van der Waals surface area contributed by atoms with Gasteiger partial charge in [0.15, 0.2) is 0 Å². The van der Waals surface area contributed by atoms with Crippen LogP contribution in [0.25, 0.3) is 0 Å². The predicted octanol–water partition coefficient (Wildman–Crippen LogP) is 3.28. The van der Waals surface area contributed by atoms with Gasteiger partial charge in [-0.3, -0.25) is 4.90 Å². The molecule has 0 aromatic heterocycles. The van der Waals surface area contributed by atoms with E-state index in [2.05, 4.69) is 60.0 Å². The van der Waals surface area contributed by atoms with Crippen LogP contribution < -0.4 is 0 Å². The molecule has 0 bridgehead atoms. The second-order valence-electron chi connectivity index (χ2n) is 6.05. The van der Waals surface area contributed by atoms with E-state index in [1.807, 2.05) is 18.2 Å². The number of hydrogen-bond acceptors (Lipinski definition) is 2. The molecule has 3 rings (SSSR count). The summed E-state index contributed by atoms with van der Waals surface area (Å²) in [5.41, 5.74) is 2.60. The van der Waals surface area contributed by atoms with Crippen LogP contribution in [0.5, 0.6) is 0 Å². The Balaban J connectivity index is 1.79. The molecular formula is C20H23NO. The molecule has 0 saturated carbocycles. The van der Waals surface area contributed by atoms with Gasteiger partial charge in [0.05, 0.1) is 6.10 Å². The van der Waals surface area contributed by atoms with Crippen molar-refractivity contribution in [3.8, 4) is 0 Å². The van der Waals surface area contributed by atoms with Crippen molar-refractivity contribution in [1.29, 1.82) is 0 Å². The van der Waals surface area contributed by atoms with Gasteiger partial charge in [0.25, 0.3) is 0 Å². The third kappa shape index (κ3) is 3.29. The van der Waals surface area contributed by atoms with Gasteiger partial charge in [-0.25, -0.2) is 0 Å². The standard InChI is InChI=1S/C20H23NO/c1-2-18-19(13-16-9-5-3-6-10-16)21(15-20(18)22)14-17-11-7-4-8-12-17/h2-12,18-20,22H,1,13-15H2/t18-,19-,20+/m0/s1. The Labute approximate surface area is 132 Å². The molecule has 1 aliphatic rings. The van der Waals surface area contributed by atoms with Crippen LogP contribution in [0.15, 0.2) is 73.3 Å². The zero-order valence-electron chi connectivity index (χ0n) is 12.8. The van der Waals surface area contributed by atoms with Crippen molar-refractivity contribution in [2.45, 2.75) is 25.1 Å². The van der Waals surface area contributed by atoms with E-state index in [4.69, 9.17) is 0 Å². The summed E-state index contributed by atoms with van der Waals surface area (Å²) in [6, 6.07) is 21.3. The largest absolute Gasteiger partial charge is 0.391 e. The number of aliphatic hydroxyl groups excluding tert-OH is 1. The molecule has 2 aromatic carbocycles. The van der Waals surface area contributed by atoms with Crippen LogP contribution in [0.2, 0.25) is 0 Å². The molecule has 0 unspecified atom stereocenters. The minimum Gasteiger partial charge on any atom is -0.391 e. The lowest BCUT2D eigenvalue weighted by atomic mass is 9.92. The van der Waals surface area contributed by atoms with Crippen molar-refractivity contribution in [3.05, 3.63) is 84.4 Å². The molecule has 2 nitrogen and oxygen atoms in total. The minimum atomic E-state index is -0.324. The van der Waals surface area contributed by atoms with Crippen molar-refractivity contribution in [1.82, 2.24) is 4.90 Å². The highest BCUT2D eigenvalue weighted by atomic mass is 16.3. The van der Waals surface area contributed by atoms with E-state index >= 15 is 0 Å². The van der Waals surface area contributed by atoms with Gasteiger partial charge >= 0.3 is 0 Å². The van der Waals surface area contributed by atoms with Crippen molar-refractivity contribution < 1.29 is 5.11 Å². The van der Waals surface area contributed by atoms with Crippen LogP contribution in [-0.4, -0.2) is 28.7 Å². The van der Waals surface area contributed by atoms with Crippen molar-refractivity contribution in [2.24, 2.45) is 5.92 Å². The molecule has 22 heavy (non-hydrogen) atoms. The first-order valence-electron chi connectivity index (χ1n) is 7.90.